The van der Waals surface area contributed by atoms with E-state index in [0.29, 0.717) is 24.6 Å². The summed E-state index contributed by atoms with van der Waals surface area (Å²) in [6.45, 7) is 1.08. The number of rotatable bonds is 2. The van der Waals surface area contributed by atoms with Crippen molar-refractivity contribution >= 4 is 5.91 Å². The van der Waals surface area contributed by atoms with Crippen LogP contribution in [0.2, 0.25) is 0 Å². The molecule has 0 spiro atoms. The average molecular weight is 314 g/mol. The number of aromatic amines is 1. The van der Waals surface area contributed by atoms with E-state index in [-0.39, 0.29) is 29.2 Å². The van der Waals surface area contributed by atoms with Gasteiger partial charge in [0.15, 0.2) is 0 Å². The van der Waals surface area contributed by atoms with Crippen LogP contribution in [0.3, 0.4) is 0 Å². The SMILES string of the molecule is O=C(c1ccc(-c2ccco2)[nH]c1=O)N1CCOC2CCCC21. The number of hydrogen-bond acceptors (Lipinski definition) is 4. The van der Waals surface area contributed by atoms with Gasteiger partial charge in [-0.3, -0.25) is 9.59 Å². The van der Waals surface area contributed by atoms with Gasteiger partial charge in [0.05, 0.1) is 30.7 Å². The average Bonchev–Trinajstić information content (AvgIpc) is 3.25. The number of nitrogens with one attached hydrogen (secondary N) is 1. The van der Waals surface area contributed by atoms with Crippen molar-refractivity contribution in [1.82, 2.24) is 9.88 Å². The largest absolute Gasteiger partial charge is 0.463 e. The number of carbonyl (C=O) groups is 1. The molecule has 2 aliphatic rings. The van der Waals surface area contributed by atoms with Gasteiger partial charge < -0.3 is 19.0 Å². The number of nitrogens with zero attached hydrogens (tertiary/aromatic N) is 1. The van der Waals surface area contributed by atoms with E-state index in [2.05, 4.69) is 4.98 Å². The normalized spacial score (nSPS) is 23.7. The molecule has 1 saturated carbocycles. The summed E-state index contributed by atoms with van der Waals surface area (Å²) in [5.74, 6) is 0.362. The summed E-state index contributed by atoms with van der Waals surface area (Å²) in [4.78, 5) is 29.7. The summed E-state index contributed by atoms with van der Waals surface area (Å²) in [6.07, 6.45) is 4.66. The van der Waals surface area contributed by atoms with E-state index >= 15 is 0 Å². The Kier molecular flexibility index (Phi) is 3.53. The first-order valence-corrected chi connectivity index (χ1v) is 7.94. The van der Waals surface area contributed by atoms with Gasteiger partial charge in [-0.05, 0) is 43.5 Å². The van der Waals surface area contributed by atoms with Crippen molar-refractivity contribution in [2.45, 2.75) is 31.4 Å². The van der Waals surface area contributed by atoms with Gasteiger partial charge >= 0.3 is 0 Å². The summed E-state index contributed by atoms with van der Waals surface area (Å²) in [5.41, 5.74) is 0.357. The minimum Gasteiger partial charge on any atom is -0.463 e. The third-order valence-corrected chi connectivity index (χ3v) is 4.67. The lowest BCUT2D eigenvalue weighted by molar-refractivity contribution is -0.0446. The van der Waals surface area contributed by atoms with Gasteiger partial charge in [0.2, 0.25) is 0 Å². The quantitative estimate of drug-likeness (QED) is 0.920. The molecule has 2 aromatic rings. The van der Waals surface area contributed by atoms with E-state index in [1.54, 1.807) is 35.4 Å². The van der Waals surface area contributed by atoms with Crippen LogP contribution in [0.15, 0.2) is 39.7 Å². The Morgan fingerprint density at radius 3 is 2.96 bits per heavy atom. The number of hydrogen-bond donors (Lipinski definition) is 1. The number of furan rings is 1. The molecule has 23 heavy (non-hydrogen) atoms. The third-order valence-electron chi connectivity index (χ3n) is 4.67. The van der Waals surface area contributed by atoms with Crippen LogP contribution in [0, 0.1) is 0 Å². The maximum absolute atomic E-state index is 12.8. The van der Waals surface area contributed by atoms with Gasteiger partial charge in [-0.25, -0.2) is 0 Å². The molecule has 0 aromatic carbocycles. The fourth-order valence-electron chi connectivity index (χ4n) is 3.55. The molecule has 3 heterocycles. The maximum atomic E-state index is 12.8. The zero-order valence-corrected chi connectivity index (χ0v) is 12.7. The molecular formula is C17H18N2O4. The highest BCUT2D eigenvalue weighted by atomic mass is 16.5. The molecule has 1 aliphatic heterocycles. The van der Waals surface area contributed by atoms with Crippen LogP contribution in [0.1, 0.15) is 29.6 Å². The summed E-state index contributed by atoms with van der Waals surface area (Å²) >= 11 is 0. The number of H-pyrrole nitrogens is 1. The molecule has 6 nitrogen and oxygen atoms in total. The smallest absolute Gasteiger partial charge is 0.261 e. The van der Waals surface area contributed by atoms with Gasteiger partial charge in [0.25, 0.3) is 11.5 Å². The molecule has 120 valence electrons. The zero-order chi connectivity index (χ0) is 15.8. The fourth-order valence-corrected chi connectivity index (χ4v) is 3.55. The second kappa shape index (κ2) is 5.70. The van der Waals surface area contributed by atoms with E-state index < -0.39 is 0 Å². The van der Waals surface area contributed by atoms with Crippen molar-refractivity contribution in [3.05, 3.63) is 46.4 Å². The van der Waals surface area contributed by atoms with Gasteiger partial charge in [-0.15, -0.1) is 0 Å². The fraction of sp³-hybridized carbons (Fsp3) is 0.412. The molecule has 1 amide bonds. The molecule has 1 saturated heterocycles. The van der Waals surface area contributed by atoms with Crippen molar-refractivity contribution in [3.63, 3.8) is 0 Å². The van der Waals surface area contributed by atoms with Crippen molar-refractivity contribution in [3.8, 4) is 11.5 Å². The number of pyridine rings is 1. The minimum absolute atomic E-state index is 0.0976. The Morgan fingerprint density at radius 2 is 2.17 bits per heavy atom. The monoisotopic (exact) mass is 314 g/mol. The second-order valence-electron chi connectivity index (χ2n) is 6.00. The van der Waals surface area contributed by atoms with Gasteiger partial charge in [-0.2, -0.15) is 0 Å². The predicted octanol–water partition coefficient (Wildman–Crippen LogP) is 2.03. The highest BCUT2D eigenvalue weighted by Gasteiger charge is 2.39. The number of morpholine rings is 1. The topological polar surface area (TPSA) is 75.5 Å². The van der Waals surface area contributed by atoms with E-state index in [1.807, 2.05) is 0 Å². The highest BCUT2D eigenvalue weighted by molar-refractivity contribution is 5.94. The molecule has 0 bridgehead atoms. The predicted molar refractivity (Wildman–Crippen MR) is 83.2 cm³/mol. The minimum atomic E-state index is -0.384. The van der Waals surface area contributed by atoms with Gasteiger partial charge in [0.1, 0.15) is 11.3 Å². The molecule has 2 atom stereocenters. The van der Waals surface area contributed by atoms with Crippen molar-refractivity contribution in [1.29, 1.82) is 0 Å². The Labute approximate surface area is 133 Å². The summed E-state index contributed by atoms with van der Waals surface area (Å²) in [5, 5.41) is 0. The Morgan fingerprint density at radius 1 is 1.26 bits per heavy atom. The van der Waals surface area contributed by atoms with Gasteiger partial charge in [-0.1, -0.05) is 0 Å². The van der Waals surface area contributed by atoms with Crippen LogP contribution in [-0.2, 0) is 4.74 Å². The first kappa shape index (κ1) is 14.3. The van der Waals surface area contributed by atoms with Crippen molar-refractivity contribution in [2.75, 3.05) is 13.2 Å². The van der Waals surface area contributed by atoms with E-state index in [0.717, 1.165) is 19.3 Å². The molecular weight excluding hydrogens is 296 g/mol. The lowest BCUT2D eigenvalue weighted by Crippen LogP contribution is -2.52. The van der Waals surface area contributed by atoms with Crippen LogP contribution < -0.4 is 5.56 Å². The molecule has 0 radical (unpaired) electrons. The first-order valence-electron chi connectivity index (χ1n) is 7.94. The molecule has 6 heteroatoms. The molecule has 2 aromatic heterocycles. The van der Waals surface area contributed by atoms with Crippen LogP contribution in [-0.4, -0.2) is 41.1 Å². The van der Waals surface area contributed by atoms with Crippen LogP contribution in [0.5, 0.6) is 0 Å². The van der Waals surface area contributed by atoms with E-state index in [1.165, 1.54) is 0 Å². The van der Waals surface area contributed by atoms with Crippen molar-refractivity contribution in [2.24, 2.45) is 0 Å². The molecule has 1 N–H and O–H groups in total. The van der Waals surface area contributed by atoms with Gasteiger partial charge in [0, 0.05) is 6.54 Å². The third kappa shape index (κ3) is 2.49. The lowest BCUT2D eigenvalue weighted by Gasteiger charge is -2.37. The molecule has 2 unspecified atom stereocenters. The van der Waals surface area contributed by atoms with Crippen LogP contribution in [0.25, 0.3) is 11.5 Å². The maximum Gasteiger partial charge on any atom is 0.261 e. The number of ether oxygens (including phenoxy) is 1. The number of carbonyl (C=O) groups excluding carboxylic acids is 1. The first-order chi connectivity index (χ1) is 11.2. The standard InChI is InChI=1S/C17H18N2O4/c20-16-11(6-7-12(18-16)14-5-2-9-22-14)17(21)19-8-10-23-15-4-1-3-13(15)19/h2,5-7,9,13,15H,1,3-4,8,10H2,(H,18,20). The Hall–Kier alpha value is -2.34. The van der Waals surface area contributed by atoms with Crippen LogP contribution >= 0.6 is 0 Å². The molecule has 1 aliphatic carbocycles. The second-order valence-corrected chi connectivity index (χ2v) is 6.00. The highest BCUT2D eigenvalue weighted by Crippen LogP contribution is 2.30. The van der Waals surface area contributed by atoms with E-state index in [9.17, 15) is 9.59 Å². The van der Waals surface area contributed by atoms with Crippen LogP contribution in [0.4, 0.5) is 0 Å². The Balaban J connectivity index is 1.62. The lowest BCUT2D eigenvalue weighted by atomic mass is 10.1. The summed E-state index contributed by atoms with van der Waals surface area (Å²) in [7, 11) is 0. The number of aromatic nitrogens is 1. The number of amides is 1. The molecule has 4 rings (SSSR count). The van der Waals surface area contributed by atoms with Crippen molar-refractivity contribution < 1.29 is 13.9 Å². The number of fused-ring (bicyclic) bond motifs is 1. The summed E-state index contributed by atoms with van der Waals surface area (Å²) in [6, 6.07) is 6.90. The molecule has 2 fully saturated rings. The summed E-state index contributed by atoms with van der Waals surface area (Å²) < 4.78 is 11.0. The van der Waals surface area contributed by atoms with E-state index in [4.69, 9.17) is 9.15 Å². The zero-order valence-electron chi connectivity index (χ0n) is 12.7. The Bertz CT molecular complexity index is 765.